The van der Waals surface area contributed by atoms with E-state index in [0.29, 0.717) is 5.75 Å². The molecular formula is C22H23N3O2S2. The van der Waals surface area contributed by atoms with E-state index in [1.807, 2.05) is 41.8 Å². The molecule has 0 aliphatic rings. The lowest BCUT2D eigenvalue weighted by molar-refractivity contribution is -0.118. The van der Waals surface area contributed by atoms with Gasteiger partial charge >= 0.3 is 0 Å². The number of fused-ring (bicyclic) bond motifs is 1. The normalized spacial score (nSPS) is 11.0. The monoisotopic (exact) mass is 425 g/mol. The molecule has 0 atom stereocenters. The second-order valence-electron chi connectivity index (χ2n) is 5.93. The number of rotatable bonds is 7. The minimum atomic E-state index is -0.229. The number of aromatic nitrogens is 1. The van der Waals surface area contributed by atoms with Gasteiger partial charge in [0.05, 0.1) is 16.6 Å². The van der Waals surface area contributed by atoms with E-state index < -0.39 is 0 Å². The molecule has 0 unspecified atom stereocenters. The van der Waals surface area contributed by atoms with Gasteiger partial charge in [-0.1, -0.05) is 31.4 Å². The molecule has 0 saturated carbocycles. The fourth-order valence-electron chi connectivity index (χ4n) is 2.53. The summed E-state index contributed by atoms with van der Waals surface area (Å²) in [7, 11) is 0. The van der Waals surface area contributed by atoms with Crippen LogP contribution in [0.15, 0.2) is 84.9 Å². The number of carbonyl (C=O) groups is 1. The van der Waals surface area contributed by atoms with Gasteiger partial charge in [0.25, 0.3) is 0 Å². The van der Waals surface area contributed by atoms with E-state index in [4.69, 9.17) is 17.0 Å². The van der Waals surface area contributed by atoms with Gasteiger partial charge in [-0.15, -0.1) is 11.3 Å². The Balaban J connectivity index is 0.00000240. The predicted molar refractivity (Wildman–Crippen MR) is 128 cm³/mol. The molecule has 29 heavy (non-hydrogen) atoms. The summed E-state index contributed by atoms with van der Waals surface area (Å²) in [5.41, 5.74) is 2.41. The number of hydrogen-bond acceptors (Lipinski definition) is 5. The standard InChI is InChI=1S/C22H19N3O2S2.2H2/c1-3-5-15(4-2)14-20(26)25-22(28)24-16-6-8-17(9-7-16)27-19-10-12-23-18-11-13-29-21(18)19;;/h3-13H,1-2,14H2,(H2,24,25,26,28);2*1H/b15-5+;;. The van der Waals surface area contributed by atoms with E-state index in [0.717, 1.165) is 27.2 Å². The Kier molecular flexibility index (Phi) is 6.89. The van der Waals surface area contributed by atoms with Crippen LogP contribution < -0.4 is 15.4 Å². The van der Waals surface area contributed by atoms with Crippen molar-refractivity contribution in [2.75, 3.05) is 5.32 Å². The second-order valence-corrected chi connectivity index (χ2v) is 7.26. The van der Waals surface area contributed by atoms with E-state index >= 15 is 0 Å². The zero-order chi connectivity index (χ0) is 20.6. The summed E-state index contributed by atoms with van der Waals surface area (Å²) >= 11 is 6.79. The highest BCUT2D eigenvalue weighted by molar-refractivity contribution is 7.80. The summed E-state index contributed by atoms with van der Waals surface area (Å²) in [6.07, 6.45) is 6.86. The first-order valence-corrected chi connectivity index (χ1v) is 10.0. The molecule has 2 N–H and O–H groups in total. The zero-order valence-corrected chi connectivity index (χ0v) is 17.2. The van der Waals surface area contributed by atoms with Gasteiger partial charge in [-0.3, -0.25) is 9.78 Å². The van der Waals surface area contributed by atoms with Crippen molar-refractivity contribution >= 4 is 50.5 Å². The largest absolute Gasteiger partial charge is 0.456 e. The third-order valence-corrected chi connectivity index (χ3v) is 4.98. The van der Waals surface area contributed by atoms with Crippen LogP contribution in [-0.4, -0.2) is 16.0 Å². The van der Waals surface area contributed by atoms with Gasteiger partial charge in [-0.05, 0) is 53.5 Å². The molecule has 0 fully saturated rings. The Morgan fingerprint density at radius 2 is 2.03 bits per heavy atom. The number of thiocarbonyl (C=S) groups is 1. The Labute approximate surface area is 181 Å². The Hall–Kier alpha value is -3.29. The van der Waals surface area contributed by atoms with Crippen molar-refractivity contribution in [2.24, 2.45) is 0 Å². The predicted octanol–water partition coefficient (Wildman–Crippen LogP) is 6.08. The van der Waals surface area contributed by atoms with Gasteiger partial charge < -0.3 is 15.4 Å². The number of allylic oxidation sites excluding steroid dienone is 3. The van der Waals surface area contributed by atoms with Crippen molar-refractivity contribution in [3.05, 3.63) is 84.9 Å². The molecule has 0 aliphatic heterocycles. The molecule has 7 heteroatoms. The SMILES string of the molecule is C=C/C=C(\C=C)CC(=O)NC(=S)Nc1ccc(Oc2ccnc3ccsc23)cc1.[HH].[HH]. The fourth-order valence-corrected chi connectivity index (χ4v) is 3.56. The lowest BCUT2D eigenvalue weighted by Crippen LogP contribution is -2.34. The molecule has 1 aromatic carbocycles. The van der Waals surface area contributed by atoms with E-state index in [2.05, 4.69) is 28.8 Å². The first kappa shape index (κ1) is 20.4. The van der Waals surface area contributed by atoms with Crippen LogP contribution in [-0.2, 0) is 4.79 Å². The highest BCUT2D eigenvalue weighted by Gasteiger charge is 2.08. The van der Waals surface area contributed by atoms with Gasteiger partial charge in [0.15, 0.2) is 5.11 Å². The van der Waals surface area contributed by atoms with Gasteiger partial charge in [0, 0.05) is 20.8 Å². The summed E-state index contributed by atoms with van der Waals surface area (Å²) in [6.45, 7) is 7.28. The smallest absolute Gasteiger partial charge is 0.230 e. The van der Waals surface area contributed by atoms with Crippen molar-refractivity contribution in [2.45, 2.75) is 6.42 Å². The van der Waals surface area contributed by atoms with Crippen molar-refractivity contribution < 1.29 is 12.4 Å². The summed E-state index contributed by atoms with van der Waals surface area (Å²) in [5, 5.41) is 7.83. The third-order valence-electron chi connectivity index (χ3n) is 3.86. The summed E-state index contributed by atoms with van der Waals surface area (Å²) < 4.78 is 6.97. The molecule has 0 radical (unpaired) electrons. The lowest BCUT2D eigenvalue weighted by atomic mass is 10.1. The van der Waals surface area contributed by atoms with Gasteiger partial charge in [0.1, 0.15) is 11.5 Å². The molecule has 0 aliphatic carbocycles. The highest BCUT2D eigenvalue weighted by atomic mass is 32.1. The van der Waals surface area contributed by atoms with Crippen molar-refractivity contribution in [3.63, 3.8) is 0 Å². The van der Waals surface area contributed by atoms with Crippen molar-refractivity contribution in [1.82, 2.24) is 10.3 Å². The summed E-state index contributed by atoms with van der Waals surface area (Å²) in [5.74, 6) is 1.23. The number of carbonyl (C=O) groups excluding carboxylic acids is 1. The number of thiophene rings is 1. The van der Waals surface area contributed by atoms with E-state index in [1.54, 1.807) is 35.8 Å². The van der Waals surface area contributed by atoms with E-state index in [9.17, 15) is 4.79 Å². The molecule has 5 nitrogen and oxygen atoms in total. The number of nitrogens with zero attached hydrogens (tertiary/aromatic N) is 1. The van der Waals surface area contributed by atoms with Crippen LogP contribution in [0.1, 0.15) is 9.27 Å². The van der Waals surface area contributed by atoms with Gasteiger partial charge in [-0.2, -0.15) is 0 Å². The molecule has 2 heterocycles. The Bertz CT molecular complexity index is 1100. The van der Waals surface area contributed by atoms with E-state index in [1.165, 1.54) is 0 Å². The maximum absolute atomic E-state index is 12.0. The average molecular weight is 426 g/mol. The molecule has 3 aromatic rings. The number of ether oxygens (including phenoxy) is 1. The third kappa shape index (κ3) is 5.60. The molecular weight excluding hydrogens is 402 g/mol. The summed E-state index contributed by atoms with van der Waals surface area (Å²) in [6, 6.07) is 11.1. The Morgan fingerprint density at radius 1 is 1.24 bits per heavy atom. The van der Waals surface area contributed by atoms with Crippen LogP contribution in [0, 0.1) is 0 Å². The zero-order valence-electron chi connectivity index (χ0n) is 15.6. The van der Waals surface area contributed by atoms with Gasteiger partial charge in [-0.25, -0.2) is 0 Å². The van der Waals surface area contributed by atoms with Crippen LogP contribution in [0.4, 0.5) is 5.69 Å². The van der Waals surface area contributed by atoms with Crippen LogP contribution in [0.25, 0.3) is 10.2 Å². The van der Waals surface area contributed by atoms with Crippen molar-refractivity contribution in [1.29, 1.82) is 0 Å². The molecule has 0 bridgehead atoms. The second kappa shape index (κ2) is 9.77. The molecule has 1 amide bonds. The molecule has 0 spiro atoms. The van der Waals surface area contributed by atoms with Crippen LogP contribution in [0.5, 0.6) is 11.5 Å². The summed E-state index contributed by atoms with van der Waals surface area (Å²) in [4.78, 5) is 16.3. The maximum Gasteiger partial charge on any atom is 0.230 e. The number of pyridine rings is 1. The quantitative estimate of drug-likeness (QED) is 0.355. The maximum atomic E-state index is 12.0. The fraction of sp³-hybridized carbons (Fsp3) is 0.0455. The number of nitrogens with one attached hydrogen (secondary N) is 2. The first-order chi connectivity index (χ1) is 14.1. The Morgan fingerprint density at radius 3 is 2.76 bits per heavy atom. The minimum absolute atomic E-state index is 0. The average Bonchev–Trinajstić information content (AvgIpc) is 3.19. The number of anilines is 1. The van der Waals surface area contributed by atoms with Crippen LogP contribution in [0.3, 0.4) is 0 Å². The van der Waals surface area contributed by atoms with Crippen LogP contribution >= 0.6 is 23.6 Å². The minimum Gasteiger partial charge on any atom is -0.456 e. The molecule has 3 rings (SSSR count). The number of benzene rings is 1. The first-order valence-electron chi connectivity index (χ1n) is 8.74. The molecule has 0 saturated heterocycles. The molecule has 2 aromatic heterocycles. The van der Waals surface area contributed by atoms with Gasteiger partial charge in [0.2, 0.25) is 5.91 Å². The van der Waals surface area contributed by atoms with E-state index in [-0.39, 0.29) is 20.3 Å². The number of hydrogen-bond donors (Lipinski definition) is 2. The lowest BCUT2D eigenvalue weighted by Gasteiger charge is -2.11. The van der Waals surface area contributed by atoms with Crippen LogP contribution in [0.2, 0.25) is 0 Å². The topological polar surface area (TPSA) is 63.2 Å². The molecule has 150 valence electrons. The highest BCUT2D eigenvalue weighted by Crippen LogP contribution is 2.32. The number of amides is 1. The van der Waals surface area contributed by atoms with Crippen molar-refractivity contribution in [3.8, 4) is 11.5 Å².